The molecule has 5 heteroatoms. The first-order valence-electron chi connectivity index (χ1n) is 5.72. The number of aliphatic carboxylic acids is 1. The summed E-state index contributed by atoms with van der Waals surface area (Å²) in [6.07, 6.45) is 1.26. The lowest BCUT2D eigenvalue weighted by Gasteiger charge is -2.26. The van der Waals surface area contributed by atoms with Crippen molar-refractivity contribution in [2.45, 2.75) is 19.4 Å². The highest BCUT2D eigenvalue weighted by Gasteiger charge is 2.28. The summed E-state index contributed by atoms with van der Waals surface area (Å²) in [7, 11) is 1.48. The zero-order valence-corrected chi connectivity index (χ0v) is 10.5. The topological polar surface area (TPSA) is 66.8 Å². The van der Waals surface area contributed by atoms with Crippen LogP contribution in [0.25, 0.3) is 0 Å². The second-order valence-corrected chi connectivity index (χ2v) is 3.83. The number of carboxylic acid groups (broad SMARTS) is 1. The van der Waals surface area contributed by atoms with Gasteiger partial charge in [-0.15, -0.1) is 0 Å². The molecule has 0 heterocycles. The van der Waals surface area contributed by atoms with Gasteiger partial charge in [-0.2, -0.15) is 0 Å². The zero-order valence-electron chi connectivity index (χ0n) is 10.5. The molecule has 1 unspecified atom stereocenters. The van der Waals surface area contributed by atoms with Gasteiger partial charge in [0.25, 0.3) is 0 Å². The monoisotopic (exact) mass is 251 g/mol. The summed E-state index contributed by atoms with van der Waals surface area (Å²) >= 11 is 0. The van der Waals surface area contributed by atoms with Crippen LogP contribution in [0.5, 0.6) is 5.75 Å². The van der Waals surface area contributed by atoms with Crippen molar-refractivity contribution in [1.82, 2.24) is 4.90 Å². The smallest absolute Gasteiger partial charge is 0.331 e. The van der Waals surface area contributed by atoms with Crippen LogP contribution in [-0.4, -0.2) is 36.0 Å². The molecule has 18 heavy (non-hydrogen) atoms. The van der Waals surface area contributed by atoms with E-state index in [4.69, 9.17) is 4.74 Å². The molecule has 5 nitrogen and oxygen atoms in total. The molecule has 1 amide bonds. The molecular weight excluding hydrogens is 234 g/mol. The van der Waals surface area contributed by atoms with Gasteiger partial charge in [0, 0.05) is 12.1 Å². The largest absolute Gasteiger partial charge is 0.496 e. The van der Waals surface area contributed by atoms with Crippen molar-refractivity contribution in [1.29, 1.82) is 0 Å². The standard InChI is InChI=1S/C13H17NO4/c1-3-8-14(9-15)12(13(16)17)10-6-4-5-7-11(10)18-2/h4-7,9,12H,3,8H2,1-2H3,(H,16,17). The van der Waals surface area contributed by atoms with Gasteiger partial charge in [0.1, 0.15) is 5.75 Å². The predicted octanol–water partition coefficient (Wildman–Crippen LogP) is 1.69. The first-order chi connectivity index (χ1) is 8.65. The highest BCUT2D eigenvalue weighted by atomic mass is 16.5. The molecule has 1 rings (SSSR count). The quantitative estimate of drug-likeness (QED) is 0.749. The molecule has 0 aliphatic rings. The molecule has 0 fully saturated rings. The average Bonchev–Trinajstić information content (AvgIpc) is 2.38. The maximum absolute atomic E-state index is 11.4. The van der Waals surface area contributed by atoms with E-state index in [0.29, 0.717) is 30.7 Å². The van der Waals surface area contributed by atoms with Crippen LogP contribution in [-0.2, 0) is 9.59 Å². The molecular formula is C13H17NO4. The average molecular weight is 251 g/mol. The van der Waals surface area contributed by atoms with Crippen LogP contribution in [0, 0.1) is 0 Å². The lowest BCUT2D eigenvalue weighted by atomic mass is 10.0. The number of hydrogen-bond donors (Lipinski definition) is 1. The molecule has 98 valence electrons. The Bertz CT molecular complexity index is 419. The summed E-state index contributed by atoms with van der Waals surface area (Å²) in [5, 5.41) is 9.32. The number of ether oxygens (including phenoxy) is 1. The first kappa shape index (κ1) is 14.0. The maximum atomic E-state index is 11.4. The van der Waals surface area contributed by atoms with Gasteiger partial charge in [0.2, 0.25) is 6.41 Å². The van der Waals surface area contributed by atoms with Gasteiger partial charge in [-0.1, -0.05) is 25.1 Å². The number of carbonyl (C=O) groups is 2. The van der Waals surface area contributed by atoms with E-state index < -0.39 is 12.0 Å². The van der Waals surface area contributed by atoms with Gasteiger partial charge in [-0.05, 0) is 12.5 Å². The fraction of sp³-hybridized carbons (Fsp3) is 0.385. The number of methoxy groups -OCH3 is 1. The molecule has 1 aromatic rings. The number of nitrogens with zero attached hydrogens (tertiary/aromatic N) is 1. The van der Waals surface area contributed by atoms with E-state index in [1.165, 1.54) is 12.0 Å². The highest BCUT2D eigenvalue weighted by Crippen LogP contribution is 2.28. The van der Waals surface area contributed by atoms with E-state index in [1.807, 2.05) is 6.92 Å². The molecule has 0 bridgehead atoms. The van der Waals surface area contributed by atoms with Crippen LogP contribution in [0.1, 0.15) is 24.9 Å². The van der Waals surface area contributed by atoms with Crippen molar-refractivity contribution in [3.05, 3.63) is 29.8 Å². The summed E-state index contributed by atoms with van der Waals surface area (Å²) < 4.78 is 5.14. The minimum Gasteiger partial charge on any atom is -0.496 e. The molecule has 1 aromatic carbocycles. The van der Waals surface area contributed by atoms with E-state index in [9.17, 15) is 14.7 Å². The van der Waals surface area contributed by atoms with E-state index in [2.05, 4.69) is 0 Å². The zero-order chi connectivity index (χ0) is 13.5. The highest BCUT2D eigenvalue weighted by molar-refractivity contribution is 5.79. The van der Waals surface area contributed by atoms with Gasteiger partial charge >= 0.3 is 5.97 Å². The third-order valence-electron chi connectivity index (χ3n) is 2.62. The molecule has 0 spiro atoms. The van der Waals surface area contributed by atoms with Gasteiger partial charge < -0.3 is 14.7 Å². The summed E-state index contributed by atoms with van der Waals surface area (Å²) in [5.41, 5.74) is 0.480. The summed E-state index contributed by atoms with van der Waals surface area (Å²) in [6, 6.07) is 5.80. The Morgan fingerprint density at radius 2 is 2.17 bits per heavy atom. The first-order valence-corrected chi connectivity index (χ1v) is 5.72. The molecule has 0 saturated carbocycles. The molecule has 0 saturated heterocycles. The van der Waals surface area contributed by atoms with E-state index in [0.717, 1.165) is 0 Å². The Hall–Kier alpha value is -2.04. The summed E-state index contributed by atoms with van der Waals surface area (Å²) in [6.45, 7) is 2.27. The van der Waals surface area contributed by atoms with Crippen LogP contribution < -0.4 is 4.74 Å². The normalized spacial score (nSPS) is 11.7. The van der Waals surface area contributed by atoms with Crippen LogP contribution in [0.3, 0.4) is 0 Å². The molecule has 0 radical (unpaired) electrons. The summed E-state index contributed by atoms with van der Waals surface area (Å²) in [5.74, 6) is -0.604. The third kappa shape index (κ3) is 3.00. The van der Waals surface area contributed by atoms with Crippen molar-refractivity contribution in [3.8, 4) is 5.75 Å². The lowest BCUT2D eigenvalue weighted by molar-refractivity contribution is -0.146. The van der Waals surface area contributed by atoms with Crippen molar-refractivity contribution in [2.75, 3.05) is 13.7 Å². The fourth-order valence-corrected chi connectivity index (χ4v) is 1.85. The van der Waals surface area contributed by atoms with Crippen LogP contribution in [0.2, 0.25) is 0 Å². The molecule has 1 N–H and O–H groups in total. The third-order valence-corrected chi connectivity index (χ3v) is 2.62. The van der Waals surface area contributed by atoms with Crippen LogP contribution in [0.4, 0.5) is 0 Å². The number of amides is 1. The number of benzene rings is 1. The number of carboxylic acids is 1. The number of carbonyl (C=O) groups excluding carboxylic acids is 1. The van der Waals surface area contributed by atoms with E-state index in [-0.39, 0.29) is 0 Å². The van der Waals surface area contributed by atoms with Gasteiger partial charge in [0.05, 0.1) is 7.11 Å². The summed E-state index contributed by atoms with van der Waals surface area (Å²) in [4.78, 5) is 23.7. The Morgan fingerprint density at radius 3 is 2.67 bits per heavy atom. The Kier molecular flexibility index (Phi) is 5.17. The molecule has 1 atom stereocenters. The van der Waals surface area contributed by atoms with Gasteiger partial charge in [-0.25, -0.2) is 4.79 Å². The Balaban J connectivity index is 3.18. The minimum atomic E-state index is -1.07. The van der Waals surface area contributed by atoms with Gasteiger partial charge in [0.15, 0.2) is 6.04 Å². The molecule has 0 aromatic heterocycles. The molecule has 0 aliphatic heterocycles. The minimum absolute atomic E-state index is 0.387. The lowest BCUT2D eigenvalue weighted by Crippen LogP contribution is -2.34. The van der Waals surface area contributed by atoms with E-state index >= 15 is 0 Å². The van der Waals surface area contributed by atoms with E-state index in [1.54, 1.807) is 24.3 Å². The Labute approximate surface area is 106 Å². The van der Waals surface area contributed by atoms with Crippen molar-refractivity contribution in [3.63, 3.8) is 0 Å². The second kappa shape index (κ2) is 6.64. The predicted molar refractivity (Wildman–Crippen MR) is 66.4 cm³/mol. The number of hydrogen-bond acceptors (Lipinski definition) is 3. The van der Waals surface area contributed by atoms with Crippen LogP contribution in [0.15, 0.2) is 24.3 Å². The van der Waals surface area contributed by atoms with Crippen molar-refractivity contribution in [2.24, 2.45) is 0 Å². The SMILES string of the molecule is CCCN(C=O)C(C(=O)O)c1ccccc1OC. The maximum Gasteiger partial charge on any atom is 0.331 e. The number of rotatable bonds is 7. The van der Waals surface area contributed by atoms with Crippen molar-refractivity contribution < 1.29 is 19.4 Å². The van der Waals surface area contributed by atoms with Crippen molar-refractivity contribution >= 4 is 12.4 Å². The second-order valence-electron chi connectivity index (χ2n) is 3.83. The fourth-order valence-electron chi connectivity index (χ4n) is 1.85. The number of para-hydroxylation sites is 1. The van der Waals surface area contributed by atoms with Crippen LogP contribution >= 0.6 is 0 Å². The van der Waals surface area contributed by atoms with Gasteiger partial charge in [-0.3, -0.25) is 4.79 Å². The Morgan fingerprint density at radius 1 is 1.50 bits per heavy atom. The molecule has 0 aliphatic carbocycles.